The third-order valence-corrected chi connectivity index (χ3v) is 3.49. The zero-order valence-electron chi connectivity index (χ0n) is 11.8. The molecule has 0 saturated carbocycles. The van der Waals surface area contributed by atoms with E-state index < -0.39 is 11.2 Å². The van der Waals surface area contributed by atoms with Crippen molar-refractivity contribution in [1.29, 1.82) is 0 Å². The lowest BCUT2D eigenvalue weighted by molar-refractivity contribution is 0.708. The number of aryl methyl sites for hydroxylation is 1. The molecule has 0 bridgehead atoms. The molecule has 0 aliphatic rings. The molecular formula is C13H17ClN4O2. The van der Waals surface area contributed by atoms with Gasteiger partial charge in [-0.05, 0) is 18.0 Å². The number of imidazole rings is 1. The number of fused-ring (bicyclic) bond motifs is 1. The SMILES string of the molecule is CCCC/C=C/n1c(Cl)nc2c1c(=O)n(C)c(=O)n2C. The quantitative estimate of drug-likeness (QED) is 0.638. The molecule has 0 unspecified atom stereocenters. The monoisotopic (exact) mass is 296 g/mol. The smallest absolute Gasteiger partial charge is 0.284 e. The highest BCUT2D eigenvalue weighted by molar-refractivity contribution is 6.29. The summed E-state index contributed by atoms with van der Waals surface area (Å²) in [5, 5.41) is 0.172. The second-order valence-corrected chi connectivity index (χ2v) is 4.99. The first kappa shape index (κ1) is 14.6. The van der Waals surface area contributed by atoms with Crippen LogP contribution >= 0.6 is 11.6 Å². The number of unbranched alkanes of at least 4 members (excludes halogenated alkanes) is 2. The van der Waals surface area contributed by atoms with Crippen LogP contribution in [0, 0.1) is 0 Å². The number of aromatic nitrogens is 4. The van der Waals surface area contributed by atoms with Gasteiger partial charge in [0.1, 0.15) is 0 Å². The van der Waals surface area contributed by atoms with Gasteiger partial charge in [0.05, 0.1) is 0 Å². The topological polar surface area (TPSA) is 61.8 Å². The Balaban J connectivity index is 2.68. The highest BCUT2D eigenvalue weighted by Crippen LogP contribution is 2.16. The van der Waals surface area contributed by atoms with Crippen molar-refractivity contribution in [3.63, 3.8) is 0 Å². The van der Waals surface area contributed by atoms with Crippen LogP contribution in [0.3, 0.4) is 0 Å². The van der Waals surface area contributed by atoms with Crippen LogP contribution in [0.1, 0.15) is 26.2 Å². The van der Waals surface area contributed by atoms with E-state index in [9.17, 15) is 9.59 Å². The summed E-state index contributed by atoms with van der Waals surface area (Å²) in [6.45, 7) is 2.11. The van der Waals surface area contributed by atoms with Gasteiger partial charge < -0.3 is 0 Å². The molecule has 20 heavy (non-hydrogen) atoms. The van der Waals surface area contributed by atoms with Crippen molar-refractivity contribution in [2.24, 2.45) is 14.1 Å². The van der Waals surface area contributed by atoms with Crippen LogP contribution in [-0.2, 0) is 14.1 Å². The van der Waals surface area contributed by atoms with Crippen LogP contribution in [0.15, 0.2) is 15.7 Å². The molecule has 2 aromatic rings. The van der Waals surface area contributed by atoms with E-state index in [-0.39, 0.29) is 5.28 Å². The lowest BCUT2D eigenvalue weighted by atomic mass is 10.2. The number of hydrogen-bond acceptors (Lipinski definition) is 3. The Labute approximate surface area is 120 Å². The van der Waals surface area contributed by atoms with E-state index in [4.69, 9.17) is 11.6 Å². The van der Waals surface area contributed by atoms with Crippen molar-refractivity contribution in [1.82, 2.24) is 18.7 Å². The molecule has 0 aliphatic heterocycles. The van der Waals surface area contributed by atoms with Crippen molar-refractivity contribution in [2.45, 2.75) is 26.2 Å². The van der Waals surface area contributed by atoms with Crippen LogP contribution in [0.5, 0.6) is 0 Å². The van der Waals surface area contributed by atoms with Gasteiger partial charge in [-0.2, -0.15) is 4.98 Å². The molecule has 6 nitrogen and oxygen atoms in total. The van der Waals surface area contributed by atoms with Gasteiger partial charge in [-0.25, -0.2) is 4.79 Å². The Bertz CT molecular complexity index is 782. The standard InChI is InChI=1S/C13H17ClN4O2/c1-4-5-6-7-8-18-9-10(15-12(18)14)16(2)13(20)17(3)11(9)19/h7-8H,4-6H2,1-3H3/b8-7+. The second-order valence-electron chi connectivity index (χ2n) is 4.66. The summed E-state index contributed by atoms with van der Waals surface area (Å²) in [6.07, 6.45) is 6.75. The highest BCUT2D eigenvalue weighted by Gasteiger charge is 2.16. The summed E-state index contributed by atoms with van der Waals surface area (Å²) in [4.78, 5) is 28.2. The maximum atomic E-state index is 12.2. The van der Waals surface area contributed by atoms with Crippen molar-refractivity contribution in [2.75, 3.05) is 0 Å². The van der Waals surface area contributed by atoms with Gasteiger partial charge in [0, 0.05) is 20.3 Å². The van der Waals surface area contributed by atoms with Gasteiger partial charge in [0.15, 0.2) is 11.2 Å². The molecule has 2 heterocycles. The first-order valence-electron chi connectivity index (χ1n) is 6.49. The van der Waals surface area contributed by atoms with E-state index in [1.165, 1.54) is 16.2 Å². The van der Waals surface area contributed by atoms with Gasteiger partial charge in [0.25, 0.3) is 5.56 Å². The van der Waals surface area contributed by atoms with Crippen LogP contribution in [0.4, 0.5) is 0 Å². The Kier molecular flexibility index (Phi) is 4.13. The van der Waals surface area contributed by atoms with Gasteiger partial charge >= 0.3 is 5.69 Å². The lowest BCUT2D eigenvalue weighted by Gasteiger charge is -2.03. The molecule has 7 heteroatoms. The molecule has 108 valence electrons. The average Bonchev–Trinajstić information content (AvgIpc) is 2.76. The first-order chi connectivity index (χ1) is 9.49. The number of nitrogens with zero attached hydrogens (tertiary/aromatic N) is 4. The summed E-state index contributed by atoms with van der Waals surface area (Å²) in [6, 6.07) is 0. The molecule has 0 spiro atoms. The Morgan fingerprint density at radius 2 is 1.95 bits per heavy atom. The number of hydrogen-bond donors (Lipinski definition) is 0. The molecule has 0 saturated heterocycles. The fourth-order valence-corrected chi connectivity index (χ4v) is 2.25. The molecule has 0 fully saturated rings. The minimum Gasteiger partial charge on any atom is -0.284 e. The lowest BCUT2D eigenvalue weighted by Crippen LogP contribution is -2.37. The third-order valence-electron chi connectivity index (χ3n) is 3.23. The predicted octanol–water partition coefficient (Wildman–Crippen LogP) is 1.75. The van der Waals surface area contributed by atoms with Crippen molar-refractivity contribution in [3.05, 3.63) is 32.2 Å². The van der Waals surface area contributed by atoms with E-state index in [2.05, 4.69) is 11.9 Å². The molecule has 2 rings (SSSR count). The van der Waals surface area contributed by atoms with Crippen LogP contribution in [-0.4, -0.2) is 18.7 Å². The highest BCUT2D eigenvalue weighted by atomic mass is 35.5. The van der Waals surface area contributed by atoms with E-state index in [1.807, 2.05) is 6.08 Å². The summed E-state index contributed by atoms with van der Waals surface area (Å²) in [7, 11) is 3.01. The number of halogens is 1. The zero-order chi connectivity index (χ0) is 14.9. The minimum absolute atomic E-state index is 0.172. The first-order valence-corrected chi connectivity index (χ1v) is 6.87. The van der Waals surface area contributed by atoms with Crippen molar-refractivity contribution in [3.8, 4) is 0 Å². The fourth-order valence-electron chi connectivity index (χ4n) is 2.03. The summed E-state index contributed by atoms with van der Waals surface area (Å²) < 4.78 is 3.89. The van der Waals surface area contributed by atoms with E-state index in [1.54, 1.807) is 13.2 Å². The van der Waals surface area contributed by atoms with Gasteiger partial charge in [-0.3, -0.25) is 18.5 Å². The summed E-state index contributed by atoms with van der Waals surface area (Å²) in [5.74, 6) is 0. The van der Waals surface area contributed by atoms with Gasteiger partial charge in [0.2, 0.25) is 5.28 Å². The van der Waals surface area contributed by atoms with Gasteiger partial charge in [-0.15, -0.1) is 0 Å². The number of allylic oxidation sites excluding steroid dienone is 1. The zero-order valence-corrected chi connectivity index (χ0v) is 12.5. The molecule has 0 aliphatic carbocycles. The number of rotatable bonds is 4. The molecule has 0 aromatic carbocycles. The van der Waals surface area contributed by atoms with Crippen molar-refractivity contribution < 1.29 is 0 Å². The minimum atomic E-state index is -0.418. The van der Waals surface area contributed by atoms with E-state index >= 15 is 0 Å². The maximum absolute atomic E-state index is 12.2. The largest absolute Gasteiger partial charge is 0.332 e. The van der Waals surface area contributed by atoms with E-state index in [0.29, 0.717) is 11.2 Å². The fraction of sp³-hybridized carbons (Fsp3) is 0.462. The third kappa shape index (κ3) is 2.31. The van der Waals surface area contributed by atoms with Crippen LogP contribution in [0.25, 0.3) is 17.4 Å². The molecular weight excluding hydrogens is 280 g/mol. The summed E-state index contributed by atoms with van der Waals surface area (Å²) in [5.41, 5.74) is -0.211. The van der Waals surface area contributed by atoms with E-state index in [0.717, 1.165) is 23.8 Å². The molecule has 2 aromatic heterocycles. The Morgan fingerprint density at radius 1 is 1.25 bits per heavy atom. The predicted molar refractivity (Wildman–Crippen MR) is 80.1 cm³/mol. The van der Waals surface area contributed by atoms with Crippen LogP contribution < -0.4 is 11.2 Å². The summed E-state index contributed by atoms with van der Waals surface area (Å²) >= 11 is 6.07. The van der Waals surface area contributed by atoms with Gasteiger partial charge in [-0.1, -0.05) is 25.8 Å². The molecule has 0 amide bonds. The molecule has 0 radical (unpaired) electrons. The Morgan fingerprint density at radius 3 is 2.60 bits per heavy atom. The molecule has 0 N–H and O–H groups in total. The normalized spacial score (nSPS) is 11.8. The molecule has 0 atom stereocenters. The van der Waals surface area contributed by atoms with Crippen molar-refractivity contribution >= 4 is 29.0 Å². The van der Waals surface area contributed by atoms with Crippen LogP contribution in [0.2, 0.25) is 5.28 Å². The average molecular weight is 297 g/mol. The maximum Gasteiger partial charge on any atom is 0.332 e. The Hall–Kier alpha value is -1.82. The second kappa shape index (κ2) is 5.66.